The van der Waals surface area contributed by atoms with Crippen molar-refractivity contribution < 1.29 is 14.2 Å². The van der Waals surface area contributed by atoms with Crippen LogP contribution in [0.5, 0.6) is 17.2 Å². The zero-order chi connectivity index (χ0) is 28.1. The fourth-order valence-corrected chi connectivity index (χ4v) is 4.67. The Balaban J connectivity index is 1.93. The van der Waals surface area contributed by atoms with E-state index in [0.717, 1.165) is 22.4 Å². The predicted molar refractivity (Wildman–Crippen MR) is 159 cm³/mol. The second kappa shape index (κ2) is 12.2. The van der Waals surface area contributed by atoms with Gasteiger partial charge in [0, 0.05) is 15.6 Å². The van der Waals surface area contributed by atoms with Gasteiger partial charge in [-0.3, -0.25) is 4.79 Å². The maximum absolute atomic E-state index is 13.7. The number of ether oxygens (including phenoxy) is 3. The van der Waals surface area contributed by atoms with E-state index in [9.17, 15) is 4.79 Å². The minimum atomic E-state index is -0.275. The number of aryl methyl sites for hydroxylation is 1. The molecule has 0 N–H and O–H groups in total. The van der Waals surface area contributed by atoms with E-state index in [1.54, 1.807) is 31.5 Å². The van der Waals surface area contributed by atoms with Crippen molar-refractivity contribution in [2.24, 2.45) is 5.10 Å². The number of hydrogen-bond acceptors (Lipinski definition) is 6. The van der Waals surface area contributed by atoms with Crippen LogP contribution in [0.4, 0.5) is 0 Å². The second-order valence-corrected chi connectivity index (χ2v) is 9.98. The van der Waals surface area contributed by atoms with Crippen molar-refractivity contribution >= 4 is 33.0 Å². The molecule has 0 atom stereocenters. The summed E-state index contributed by atoms with van der Waals surface area (Å²) in [5.41, 5.74) is 3.74. The summed E-state index contributed by atoms with van der Waals surface area (Å²) in [6.45, 7) is 8.60. The molecular weight excluding hydrogens is 558 g/mol. The summed E-state index contributed by atoms with van der Waals surface area (Å²) >= 11 is 3.58. The Kier molecular flexibility index (Phi) is 8.72. The van der Waals surface area contributed by atoms with E-state index in [0.29, 0.717) is 44.9 Å². The van der Waals surface area contributed by atoms with Gasteiger partial charge < -0.3 is 14.2 Å². The maximum Gasteiger partial charge on any atom is 0.282 e. The minimum Gasteiger partial charge on any atom is -0.496 e. The van der Waals surface area contributed by atoms with Crippen LogP contribution in [0.2, 0.25) is 0 Å². The first kappa shape index (κ1) is 27.9. The van der Waals surface area contributed by atoms with Crippen LogP contribution in [0.3, 0.4) is 0 Å². The average Bonchev–Trinajstić information content (AvgIpc) is 2.92. The topological polar surface area (TPSA) is 74.9 Å². The van der Waals surface area contributed by atoms with Crippen LogP contribution in [-0.4, -0.2) is 36.2 Å². The Bertz CT molecular complexity index is 1650. The highest BCUT2D eigenvalue weighted by Gasteiger charge is 2.18. The van der Waals surface area contributed by atoms with Crippen molar-refractivity contribution in [3.05, 3.63) is 80.0 Å². The van der Waals surface area contributed by atoms with Crippen LogP contribution >= 0.6 is 15.9 Å². The lowest BCUT2D eigenvalue weighted by atomic mass is 9.96. The standard InChI is InChI=1S/C31H30BrN3O4/c1-7-13-39-29-17-25(32)21(15-28(29)38-8-2)18-33-35-30(34-26-12-10-9-11-22(26)31(35)36)24-16-23(19(3)4)27(37-6)14-20(24)5/h1,9-12,14-19H,8,13H2,2-6H3. The monoisotopic (exact) mass is 587 g/mol. The lowest BCUT2D eigenvalue weighted by molar-refractivity contribution is 0.299. The highest BCUT2D eigenvalue weighted by atomic mass is 79.9. The molecule has 200 valence electrons. The molecule has 4 aromatic rings. The molecule has 0 saturated carbocycles. The van der Waals surface area contributed by atoms with Crippen molar-refractivity contribution in [1.29, 1.82) is 0 Å². The van der Waals surface area contributed by atoms with Crippen molar-refractivity contribution in [3.8, 4) is 41.0 Å². The lowest BCUT2D eigenvalue weighted by Gasteiger charge is -2.17. The molecule has 4 rings (SSSR count). The van der Waals surface area contributed by atoms with Crippen molar-refractivity contribution in [1.82, 2.24) is 9.66 Å². The van der Waals surface area contributed by atoms with E-state index in [2.05, 4.69) is 40.8 Å². The minimum absolute atomic E-state index is 0.112. The summed E-state index contributed by atoms with van der Waals surface area (Å²) in [5, 5.41) is 5.11. The van der Waals surface area contributed by atoms with Crippen LogP contribution in [-0.2, 0) is 0 Å². The van der Waals surface area contributed by atoms with Gasteiger partial charge in [0.05, 0.1) is 30.8 Å². The van der Waals surface area contributed by atoms with Gasteiger partial charge in [-0.2, -0.15) is 9.78 Å². The number of para-hydroxylation sites is 1. The normalized spacial score (nSPS) is 11.2. The van der Waals surface area contributed by atoms with E-state index in [1.165, 1.54) is 4.68 Å². The third kappa shape index (κ3) is 5.84. The van der Waals surface area contributed by atoms with Crippen molar-refractivity contribution in [2.75, 3.05) is 20.3 Å². The number of aromatic nitrogens is 2. The predicted octanol–water partition coefficient (Wildman–Crippen LogP) is 6.56. The molecule has 3 aromatic carbocycles. The Morgan fingerprint density at radius 1 is 1.13 bits per heavy atom. The zero-order valence-corrected chi connectivity index (χ0v) is 24.2. The number of methoxy groups -OCH3 is 1. The summed E-state index contributed by atoms with van der Waals surface area (Å²) in [7, 11) is 1.66. The van der Waals surface area contributed by atoms with Crippen molar-refractivity contribution in [2.45, 2.75) is 33.6 Å². The first-order valence-corrected chi connectivity index (χ1v) is 13.4. The largest absolute Gasteiger partial charge is 0.496 e. The average molecular weight is 589 g/mol. The number of halogens is 1. The molecule has 0 aliphatic heterocycles. The smallest absolute Gasteiger partial charge is 0.282 e. The summed E-state index contributed by atoms with van der Waals surface area (Å²) in [5.74, 6) is 4.93. The summed E-state index contributed by atoms with van der Waals surface area (Å²) in [4.78, 5) is 18.6. The molecule has 0 bridgehead atoms. The zero-order valence-electron chi connectivity index (χ0n) is 22.6. The Morgan fingerprint density at radius 2 is 1.87 bits per heavy atom. The molecule has 0 radical (unpaired) electrons. The van der Waals surface area contributed by atoms with Gasteiger partial charge in [-0.25, -0.2) is 4.98 Å². The molecule has 0 saturated heterocycles. The summed E-state index contributed by atoms with van der Waals surface area (Å²) in [6, 6.07) is 14.8. The summed E-state index contributed by atoms with van der Waals surface area (Å²) < 4.78 is 19.1. The first-order valence-electron chi connectivity index (χ1n) is 12.6. The molecule has 1 heterocycles. The highest BCUT2D eigenvalue weighted by Crippen LogP contribution is 2.35. The second-order valence-electron chi connectivity index (χ2n) is 9.12. The molecule has 7 nitrogen and oxygen atoms in total. The SMILES string of the molecule is C#CCOc1cc(Br)c(C=Nn2c(-c3cc(C(C)C)c(OC)cc3C)nc3ccccc3c2=O)cc1OCC. The van der Waals surface area contributed by atoms with E-state index in [1.807, 2.05) is 44.2 Å². The van der Waals surface area contributed by atoms with Crippen LogP contribution in [0.15, 0.2) is 62.9 Å². The van der Waals surface area contributed by atoms with Gasteiger partial charge in [0.2, 0.25) is 0 Å². The molecule has 0 aliphatic carbocycles. The number of fused-ring (bicyclic) bond motifs is 1. The molecular formula is C31H30BrN3O4. The van der Waals surface area contributed by atoms with Gasteiger partial charge in [0.25, 0.3) is 5.56 Å². The molecule has 1 aromatic heterocycles. The van der Waals surface area contributed by atoms with Crippen LogP contribution in [0.1, 0.15) is 43.4 Å². The van der Waals surface area contributed by atoms with Gasteiger partial charge in [-0.15, -0.1) is 6.42 Å². The van der Waals surface area contributed by atoms with Gasteiger partial charge in [-0.05, 0) is 83.2 Å². The van der Waals surface area contributed by atoms with Gasteiger partial charge in [0.1, 0.15) is 12.4 Å². The summed E-state index contributed by atoms with van der Waals surface area (Å²) in [6.07, 6.45) is 6.95. The fraction of sp³-hybridized carbons (Fsp3) is 0.258. The van der Waals surface area contributed by atoms with E-state index < -0.39 is 0 Å². The van der Waals surface area contributed by atoms with Gasteiger partial charge >= 0.3 is 0 Å². The molecule has 0 fully saturated rings. The van der Waals surface area contributed by atoms with Crippen LogP contribution in [0, 0.1) is 19.3 Å². The van der Waals surface area contributed by atoms with Gasteiger partial charge in [0.15, 0.2) is 17.3 Å². The van der Waals surface area contributed by atoms with Crippen LogP contribution < -0.4 is 19.8 Å². The Hall–Kier alpha value is -4.09. The Morgan fingerprint density at radius 3 is 2.56 bits per heavy atom. The number of nitrogens with zero attached hydrogens (tertiary/aromatic N) is 3. The van der Waals surface area contributed by atoms with E-state index in [-0.39, 0.29) is 18.1 Å². The molecule has 0 spiro atoms. The highest BCUT2D eigenvalue weighted by molar-refractivity contribution is 9.10. The number of rotatable bonds is 9. The quantitative estimate of drug-likeness (QED) is 0.164. The van der Waals surface area contributed by atoms with Crippen molar-refractivity contribution in [3.63, 3.8) is 0 Å². The molecule has 0 unspecified atom stereocenters. The van der Waals surface area contributed by atoms with Gasteiger partial charge in [-0.1, -0.05) is 31.9 Å². The Labute approximate surface area is 236 Å². The van der Waals surface area contributed by atoms with E-state index >= 15 is 0 Å². The third-order valence-corrected chi connectivity index (χ3v) is 6.87. The fourth-order valence-electron chi connectivity index (χ4n) is 4.24. The number of hydrogen-bond donors (Lipinski definition) is 0. The van der Waals surface area contributed by atoms with E-state index in [4.69, 9.17) is 25.6 Å². The van der Waals surface area contributed by atoms with Crippen LogP contribution in [0.25, 0.3) is 22.3 Å². The molecule has 0 amide bonds. The molecule has 0 aliphatic rings. The maximum atomic E-state index is 13.7. The molecule has 8 heteroatoms. The third-order valence-electron chi connectivity index (χ3n) is 6.18. The first-order chi connectivity index (χ1) is 18.8. The lowest BCUT2D eigenvalue weighted by Crippen LogP contribution is -2.21. The number of benzene rings is 3. The number of terminal acetylenes is 1. The molecule has 39 heavy (non-hydrogen) atoms.